The molecule has 2 heterocycles. The van der Waals surface area contributed by atoms with Gasteiger partial charge in [-0.15, -0.1) is 0 Å². The number of aromatic nitrogens is 2. The number of benzene rings is 1. The van der Waals surface area contributed by atoms with Crippen molar-refractivity contribution in [2.24, 2.45) is 0 Å². The molecule has 0 saturated carbocycles. The number of rotatable bonds is 3. The van der Waals surface area contributed by atoms with Crippen LogP contribution in [0.1, 0.15) is 12.5 Å². The predicted molar refractivity (Wildman–Crippen MR) is 90.4 cm³/mol. The summed E-state index contributed by atoms with van der Waals surface area (Å²) in [5.41, 5.74) is 1.60. The van der Waals surface area contributed by atoms with Gasteiger partial charge < -0.3 is 15.3 Å². The molecule has 0 unspecified atom stereocenters. The van der Waals surface area contributed by atoms with Crippen LogP contribution < -0.4 is 10.2 Å². The van der Waals surface area contributed by atoms with E-state index in [-0.39, 0.29) is 15.8 Å². The average Bonchev–Trinajstić information content (AvgIpc) is 2.52. The van der Waals surface area contributed by atoms with E-state index in [1.165, 1.54) is 0 Å². The molecule has 0 spiro atoms. The summed E-state index contributed by atoms with van der Waals surface area (Å²) in [7, 11) is 0. The molecule has 3 rings (SSSR count). The molecule has 0 aliphatic carbocycles. The van der Waals surface area contributed by atoms with Gasteiger partial charge in [-0.25, -0.2) is 4.98 Å². The van der Waals surface area contributed by atoms with E-state index in [1.807, 2.05) is 6.08 Å². The van der Waals surface area contributed by atoms with E-state index >= 15 is 0 Å². The third-order valence-corrected chi connectivity index (χ3v) is 3.95. The van der Waals surface area contributed by atoms with Gasteiger partial charge in [-0.2, -0.15) is 4.98 Å². The zero-order valence-corrected chi connectivity index (χ0v) is 13.4. The zero-order valence-electron chi connectivity index (χ0n) is 11.8. The molecule has 0 saturated heterocycles. The molecular weight excluding hydrogens is 323 g/mol. The molecular formula is C15H14Cl2N4O. The number of hydrogen-bond acceptors (Lipinski definition) is 5. The van der Waals surface area contributed by atoms with Crippen LogP contribution in [-0.4, -0.2) is 28.2 Å². The van der Waals surface area contributed by atoms with Crippen molar-refractivity contribution in [1.82, 2.24) is 9.97 Å². The molecule has 5 nitrogen and oxygen atoms in total. The van der Waals surface area contributed by atoms with E-state index in [1.54, 1.807) is 18.3 Å². The zero-order chi connectivity index (χ0) is 15.7. The van der Waals surface area contributed by atoms with Crippen molar-refractivity contribution in [2.45, 2.75) is 6.92 Å². The first-order valence-corrected chi connectivity index (χ1v) is 7.57. The van der Waals surface area contributed by atoms with E-state index in [2.05, 4.69) is 33.2 Å². The molecule has 2 aromatic rings. The Bertz CT molecular complexity index is 725. The molecule has 7 heteroatoms. The monoisotopic (exact) mass is 336 g/mol. The summed E-state index contributed by atoms with van der Waals surface area (Å²) in [4.78, 5) is 11.0. The highest BCUT2D eigenvalue weighted by Crippen LogP contribution is 2.35. The lowest BCUT2D eigenvalue weighted by Crippen LogP contribution is -2.27. The van der Waals surface area contributed by atoms with E-state index < -0.39 is 0 Å². The fourth-order valence-electron chi connectivity index (χ4n) is 2.25. The minimum atomic E-state index is -0.137. The molecule has 22 heavy (non-hydrogen) atoms. The fraction of sp³-hybridized carbons (Fsp3) is 0.200. The smallest absolute Gasteiger partial charge is 0.229 e. The van der Waals surface area contributed by atoms with Crippen LogP contribution in [0.5, 0.6) is 5.75 Å². The lowest BCUT2D eigenvalue weighted by atomic mass is 10.2. The Morgan fingerprint density at radius 2 is 2.05 bits per heavy atom. The molecule has 0 amide bonds. The minimum Gasteiger partial charge on any atom is -0.505 e. The predicted octanol–water partition coefficient (Wildman–Crippen LogP) is 4.09. The molecule has 0 radical (unpaired) electrons. The first kappa shape index (κ1) is 14.9. The lowest BCUT2D eigenvalue weighted by Gasteiger charge is -2.25. The standard InChI is InChI=1S/C15H14Cl2N4O/c1-2-21-5-3-4-9-8-18-15(20-14(9)21)19-10-6-11(16)13(22)12(17)7-10/h3-4,6-8,22H,2,5H2,1H3,(H,18,19,20). The van der Waals surface area contributed by atoms with Gasteiger partial charge in [-0.05, 0) is 19.1 Å². The van der Waals surface area contributed by atoms with Crippen LogP contribution in [0, 0.1) is 0 Å². The number of fused-ring (bicyclic) bond motifs is 1. The largest absolute Gasteiger partial charge is 0.505 e. The van der Waals surface area contributed by atoms with Gasteiger partial charge in [0, 0.05) is 30.5 Å². The SMILES string of the molecule is CCN1CC=Cc2cnc(Nc3cc(Cl)c(O)c(Cl)c3)nc21. The van der Waals surface area contributed by atoms with Gasteiger partial charge in [0.25, 0.3) is 0 Å². The second kappa shape index (κ2) is 6.02. The number of anilines is 3. The summed E-state index contributed by atoms with van der Waals surface area (Å²) in [6.45, 7) is 3.78. The Morgan fingerprint density at radius 3 is 2.73 bits per heavy atom. The van der Waals surface area contributed by atoms with Gasteiger partial charge in [0.05, 0.1) is 10.0 Å². The lowest BCUT2D eigenvalue weighted by molar-refractivity contribution is 0.476. The number of halogens is 2. The van der Waals surface area contributed by atoms with Gasteiger partial charge >= 0.3 is 0 Å². The Labute approximate surface area is 138 Å². The molecule has 0 fully saturated rings. The normalized spacial score (nSPS) is 13.1. The fourth-order valence-corrected chi connectivity index (χ4v) is 2.74. The number of likely N-dealkylation sites (N-methyl/N-ethyl adjacent to an activating group) is 1. The molecule has 0 bridgehead atoms. The van der Waals surface area contributed by atoms with Gasteiger partial charge in [0.15, 0.2) is 5.75 Å². The topological polar surface area (TPSA) is 61.3 Å². The summed E-state index contributed by atoms with van der Waals surface area (Å²) in [5, 5.41) is 13.0. The maximum absolute atomic E-state index is 9.58. The van der Waals surface area contributed by atoms with Crippen molar-refractivity contribution < 1.29 is 5.11 Å². The summed E-state index contributed by atoms with van der Waals surface area (Å²) in [6, 6.07) is 3.14. The van der Waals surface area contributed by atoms with Crippen molar-refractivity contribution in [3.05, 3.63) is 40.0 Å². The summed E-state index contributed by atoms with van der Waals surface area (Å²) in [5.74, 6) is 1.20. The molecule has 0 atom stereocenters. The number of nitrogens with zero attached hydrogens (tertiary/aromatic N) is 3. The summed E-state index contributed by atoms with van der Waals surface area (Å²) >= 11 is 11.8. The number of hydrogen-bond donors (Lipinski definition) is 2. The summed E-state index contributed by atoms with van der Waals surface area (Å²) < 4.78 is 0. The average molecular weight is 337 g/mol. The van der Waals surface area contributed by atoms with Crippen molar-refractivity contribution in [2.75, 3.05) is 23.3 Å². The van der Waals surface area contributed by atoms with Crippen LogP contribution in [-0.2, 0) is 0 Å². The molecule has 1 aliphatic rings. The molecule has 114 valence electrons. The highest BCUT2D eigenvalue weighted by Gasteiger charge is 2.15. The first-order valence-electron chi connectivity index (χ1n) is 6.82. The quantitative estimate of drug-likeness (QED) is 0.826. The molecule has 1 aliphatic heterocycles. The van der Waals surface area contributed by atoms with Gasteiger partial charge in [-0.1, -0.05) is 35.4 Å². The van der Waals surface area contributed by atoms with Gasteiger partial charge in [-0.3, -0.25) is 0 Å². The van der Waals surface area contributed by atoms with Crippen LogP contribution in [0.4, 0.5) is 17.5 Å². The maximum atomic E-state index is 9.58. The Kier molecular flexibility index (Phi) is 4.09. The van der Waals surface area contributed by atoms with Crippen molar-refractivity contribution in [3.8, 4) is 5.75 Å². The number of phenolic OH excluding ortho intramolecular Hbond substituents is 1. The third-order valence-electron chi connectivity index (χ3n) is 3.37. The number of nitrogens with one attached hydrogen (secondary N) is 1. The van der Waals surface area contributed by atoms with Crippen LogP contribution in [0.3, 0.4) is 0 Å². The molecule has 1 aromatic carbocycles. The van der Waals surface area contributed by atoms with Crippen LogP contribution in [0.15, 0.2) is 24.4 Å². The maximum Gasteiger partial charge on any atom is 0.229 e. The van der Waals surface area contributed by atoms with E-state index in [0.717, 1.165) is 24.5 Å². The first-order chi connectivity index (χ1) is 10.6. The van der Waals surface area contributed by atoms with Gasteiger partial charge in [0.1, 0.15) is 5.82 Å². The highest BCUT2D eigenvalue weighted by atomic mass is 35.5. The van der Waals surface area contributed by atoms with E-state index in [0.29, 0.717) is 11.6 Å². The Morgan fingerprint density at radius 1 is 1.32 bits per heavy atom. The minimum absolute atomic E-state index is 0.137. The van der Waals surface area contributed by atoms with Crippen LogP contribution >= 0.6 is 23.2 Å². The van der Waals surface area contributed by atoms with Gasteiger partial charge in [0.2, 0.25) is 5.95 Å². The Hall–Kier alpha value is -1.98. The van der Waals surface area contributed by atoms with Crippen LogP contribution in [0.25, 0.3) is 6.08 Å². The molecule has 2 N–H and O–H groups in total. The number of phenols is 1. The van der Waals surface area contributed by atoms with Crippen molar-refractivity contribution in [1.29, 1.82) is 0 Å². The second-order valence-electron chi connectivity index (χ2n) is 4.83. The van der Waals surface area contributed by atoms with Crippen molar-refractivity contribution >= 4 is 46.7 Å². The van der Waals surface area contributed by atoms with E-state index in [4.69, 9.17) is 23.2 Å². The second-order valence-corrected chi connectivity index (χ2v) is 5.64. The van der Waals surface area contributed by atoms with E-state index in [9.17, 15) is 5.11 Å². The van der Waals surface area contributed by atoms with Crippen molar-refractivity contribution in [3.63, 3.8) is 0 Å². The summed E-state index contributed by atoms with van der Waals surface area (Å²) in [6.07, 6.45) is 5.87. The Balaban J connectivity index is 1.92. The number of aromatic hydroxyl groups is 1. The van der Waals surface area contributed by atoms with Crippen LogP contribution in [0.2, 0.25) is 10.0 Å². The third kappa shape index (κ3) is 2.82. The molecule has 1 aromatic heterocycles. The highest BCUT2D eigenvalue weighted by molar-refractivity contribution is 6.37.